The van der Waals surface area contributed by atoms with Crippen LogP contribution in [0.5, 0.6) is 17.2 Å². The Morgan fingerprint density at radius 2 is 1.86 bits per heavy atom. The molecule has 1 unspecified atom stereocenters. The van der Waals surface area contributed by atoms with E-state index < -0.39 is 59.1 Å². The summed E-state index contributed by atoms with van der Waals surface area (Å²) in [4.78, 5) is 46.9. The monoisotopic (exact) mass is 543 g/mol. The van der Waals surface area contributed by atoms with Gasteiger partial charge in [0, 0.05) is 25.6 Å². The molecule has 0 aromatic heterocycles. The second-order valence-electron chi connectivity index (χ2n) is 7.13. The van der Waals surface area contributed by atoms with Crippen LogP contribution in [0.4, 0.5) is 23.7 Å². The molecule has 0 bridgehead atoms. The van der Waals surface area contributed by atoms with E-state index in [2.05, 4.69) is 4.74 Å². The van der Waals surface area contributed by atoms with E-state index in [1.807, 2.05) is 0 Å². The number of nitrogens with zero attached hydrogens (tertiary/aromatic N) is 3. The fourth-order valence-corrected chi connectivity index (χ4v) is 3.02. The molecule has 2 rings (SSSR count). The third-order valence-corrected chi connectivity index (χ3v) is 4.99. The van der Waals surface area contributed by atoms with Gasteiger partial charge in [0.2, 0.25) is 5.75 Å². The largest absolute Gasteiger partial charge is 0.486 e. The van der Waals surface area contributed by atoms with Crippen molar-refractivity contribution in [3.05, 3.63) is 57.1 Å². The van der Waals surface area contributed by atoms with Crippen LogP contribution in [0.3, 0.4) is 0 Å². The van der Waals surface area contributed by atoms with Gasteiger partial charge in [0.25, 0.3) is 5.91 Å². The summed E-state index contributed by atoms with van der Waals surface area (Å²) in [5, 5.41) is 20.1. The number of alkyl halides is 3. The number of methoxy groups -OCH3 is 1. The van der Waals surface area contributed by atoms with Gasteiger partial charge in [-0.05, 0) is 24.3 Å². The molecule has 1 atom stereocenters. The normalized spacial score (nSPS) is 11.6. The summed E-state index contributed by atoms with van der Waals surface area (Å²) in [6.45, 7) is -0.502. The molecule has 2 amide bonds. The van der Waals surface area contributed by atoms with Crippen molar-refractivity contribution in [1.29, 1.82) is 5.26 Å². The number of nitro groups is 1. The van der Waals surface area contributed by atoms with Crippen LogP contribution in [0, 0.1) is 27.4 Å². The SMILES string of the molecule is COC(=O)N(C)C(=O)C(C#N)C(=O)CCOc1cc(Oc2ccc(C(F)(F)F)cc2Cl)ccc1[N+](=O)[O-]. The van der Waals surface area contributed by atoms with Gasteiger partial charge in [0.05, 0.1) is 35.3 Å². The summed E-state index contributed by atoms with van der Waals surface area (Å²) < 4.78 is 53.5. The Morgan fingerprint density at radius 1 is 1.19 bits per heavy atom. The van der Waals surface area contributed by atoms with Crippen LogP contribution < -0.4 is 9.47 Å². The van der Waals surface area contributed by atoms with E-state index in [4.69, 9.17) is 21.1 Å². The summed E-state index contributed by atoms with van der Waals surface area (Å²) in [5.74, 6) is -4.53. The fraction of sp³-hybridized carbons (Fsp3) is 0.273. The second-order valence-corrected chi connectivity index (χ2v) is 7.53. The van der Waals surface area contributed by atoms with Gasteiger partial charge in [-0.25, -0.2) is 9.69 Å². The second kappa shape index (κ2) is 12.0. The lowest BCUT2D eigenvalue weighted by molar-refractivity contribution is -0.385. The number of ketones is 1. The van der Waals surface area contributed by atoms with Crippen molar-refractivity contribution in [2.24, 2.45) is 5.92 Å². The molecule has 0 radical (unpaired) electrons. The highest BCUT2D eigenvalue weighted by Gasteiger charge is 2.33. The summed E-state index contributed by atoms with van der Waals surface area (Å²) >= 11 is 5.86. The van der Waals surface area contributed by atoms with E-state index in [0.29, 0.717) is 11.0 Å². The zero-order valence-corrected chi connectivity index (χ0v) is 19.8. The lowest BCUT2D eigenvalue weighted by atomic mass is 10.0. The molecule has 0 saturated carbocycles. The van der Waals surface area contributed by atoms with Gasteiger partial charge in [0.15, 0.2) is 11.7 Å². The Hall–Kier alpha value is -4.38. The maximum absolute atomic E-state index is 12.8. The van der Waals surface area contributed by atoms with Crippen molar-refractivity contribution in [1.82, 2.24) is 4.90 Å². The van der Waals surface area contributed by atoms with E-state index in [-0.39, 0.29) is 22.3 Å². The number of hydrogen-bond acceptors (Lipinski definition) is 9. The number of benzene rings is 2. The predicted octanol–water partition coefficient (Wildman–Crippen LogP) is 4.76. The average molecular weight is 544 g/mol. The number of carbonyl (C=O) groups excluding carboxylic acids is 3. The highest BCUT2D eigenvalue weighted by molar-refractivity contribution is 6.32. The summed E-state index contributed by atoms with van der Waals surface area (Å²) in [6.07, 6.45) is -6.25. The average Bonchev–Trinajstić information content (AvgIpc) is 2.84. The zero-order chi connectivity index (χ0) is 27.9. The Labute approximate surface area is 212 Å². The van der Waals surface area contributed by atoms with E-state index in [0.717, 1.165) is 44.5 Å². The van der Waals surface area contributed by atoms with Gasteiger partial charge in [0.1, 0.15) is 11.5 Å². The zero-order valence-electron chi connectivity index (χ0n) is 19.1. The minimum Gasteiger partial charge on any atom is -0.486 e. The van der Waals surface area contributed by atoms with Gasteiger partial charge in [-0.3, -0.25) is 19.7 Å². The maximum Gasteiger partial charge on any atom is 0.416 e. The van der Waals surface area contributed by atoms with E-state index in [1.165, 1.54) is 6.07 Å². The quantitative estimate of drug-likeness (QED) is 0.248. The number of nitriles is 1. The van der Waals surface area contributed by atoms with Crippen molar-refractivity contribution in [3.63, 3.8) is 0 Å². The molecule has 0 saturated heterocycles. The number of ether oxygens (including phenoxy) is 3. The molecular weight excluding hydrogens is 527 g/mol. The van der Waals surface area contributed by atoms with Gasteiger partial charge in [-0.15, -0.1) is 0 Å². The molecule has 2 aromatic carbocycles. The Bertz CT molecular complexity index is 1260. The molecule has 0 spiro atoms. The first kappa shape index (κ1) is 28.9. The first-order valence-electron chi connectivity index (χ1n) is 10.0. The van der Waals surface area contributed by atoms with Crippen LogP contribution in [-0.4, -0.2) is 48.4 Å². The van der Waals surface area contributed by atoms with E-state index in [9.17, 15) is 42.9 Å². The first-order chi connectivity index (χ1) is 17.3. The van der Waals surface area contributed by atoms with Crippen LogP contribution in [0.25, 0.3) is 0 Å². The molecule has 196 valence electrons. The molecule has 2 aromatic rings. The summed E-state index contributed by atoms with van der Waals surface area (Å²) in [5.41, 5.74) is -1.54. The van der Waals surface area contributed by atoms with Crippen LogP contribution in [0.2, 0.25) is 5.02 Å². The van der Waals surface area contributed by atoms with Gasteiger partial charge < -0.3 is 14.2 Å². The smallest absolute Gasteiger partial charge is 0.416 e. The van der Waals surface area contributed by atoms with Crippen molar-refractivity contribution >= 4 is 35.1 Å². The molecule has 0 N–H and O–H groups in total. The molecule has 0 heterocycles. The van der Waals surface area contributed by atoms with Crippen molar-refractivity contribution < 1.29 is 46.7 Å². The number of rotatable bonds is 9. The third-order valence-electron chi connectivity index (χ3n) is 4.70. The van der Waals surface area contributed by atoms with E-state index >= 15 is 0 Å². The highest BCUT2D eigenvalue weighted by atomic mass is 35.5. The number of hydrogen-bond donors (Lipinski definition) is 0. The van der Waals surface area contributed by atoms with E-state index in [1.54, 1.807) is 0 Å². The topological polar surface area (TPSA) is 149 Å². The first-order valence-corrected chi connectivity index (χ1v) is 10.4. The number of nitro benzene ring substituents is 1. The Balaban J connectivity index is 2.16. The van der Waals surface area contributed by atoms with Crippen molar-refractivity contribution in [2.75, 3.05) is 20.8 Å². The lowest BCUT2D eigenvalue weighted by Gasteiger charge is -2.16. The third kappa shape index (κ3) is 7.31. The minimum absolute atomic E-state index is 0.0848. The molecule has 0 aliphatic rings. The standard InChI is InChI=1S/C22H17ClF3N3O8/c1-28(21(32)35-2)20(31)14(11-27)17(30)7-8-36-19-10-13(4-5-16(19)29(33)34)37-18-6-3-12(9-15(18)23)22(24,25)26/h3-6,9-10,14H,7-8H2,1-2H3. The summed E-state index contributed by atoms with van der Waals surface area (Å²) in [7, 11) is 2.01. The fourth-order valence-electron chi connectivity index (χ4n) is 2.80. The molecule has 15 heteroatoms. The number of halogens is 4. The number of Topliss-reactive ketones (excluding diaryl/α,β-unsaturated/α-hetero) is 1. The number of amides is 2. The highest BCUT2D eigenvalue weighted by Crippen LogP contribution is 2.38. The molecule has 11 nitrogen and oxygen atoms in total. The minimum atomic E-state index is -4.63. The molecule has 37 heavy (non-hydrogen) atoms. The molecule has 0 aliphatic heterocycles. The van der Waals surface area contributed by atoms with Crippen LogP contribution in [0.1, 0.15) is 12.0 Å². The Kier molecular flexibility index (Phi) is 9.39. The van der Waals surface area contributed by atoms with Crippen molar-refractivity contribution in [2.45, 2.75) is 12.6 Å². The van der Waals surface area contributed by atoms with Crippen LogP contribution in [-0.2, 0) is 20.5 Å². The molecule has 0 fully saturated rings. The number of carbonyl (C=O) groups is 3. The van der Waals surface area contributed by atoms with Gasteiger partial charge >= 0.3 is 18.0 Å². The molecule has 0 aliphatic carbocycles. The van der Waals surface area contributed by atoms with Gasteiger partial charge in [-0.2, -0.15) is 18.4 Å². The van der Waals surface area contributed by atoms with Crippen LogP contribution in [0.15, 0.2) is 36.4 Å². The molecular formula is C22H17ClF3N3O8. The van der Waals surface area contributed by atoms with Crippen LogP contribution >= 0.6 is 11.6 Å². The summed E-state index contributed by atoms with van der Waals surface area (Å²) in [6, 6.07) is 7.03. The van der Waals surface area contributed by atoms with Gasteiger partial charge in [-0.1, -0.05) is 11.6 Å². The lowest BCUT2D eigenvalue weighted by Crippen LogP contribution is -2.40. The Morgan fingerprint density at radius 3 is 2.41 bits per heavy atom. The maximum atomic E-state index is 12.8. The predicted molar refractivity (Wildman–Crippen MR) is 119 cm³/mol. The van der Waals surface area contributed by atoms with Crippen molar-refractivity contribution in [3.8, 4) is 23.3 Å². The number of imide groups is 1.